The Labute approximate surface area is 154 Å². The van der Waals surface area contributed by atoms with Crippen LogP contribution in [0.2, 0.25) is 5.02 Å². The Morgan fingerprint density at radius 1 is 1.12 bits per heavy atom. The number of benzene rings is 1. The van der Waals surface area contributed by atoms with Gasteiger partial charge in [0.25, 0.3) is 5.91 Å². The van der Waals surface area contributed by atoms with E-state index in [0.717, 1.165) is 11.3 Å². The van der Waals surface area contributed by atoms with Crippen LogP contribution in [-0.4, -0.2) is 20.6 Å². The third-order valence-electron chi connectivity index (χ3n) is 3.78. The summed E-state index contributed by atoms with van der Waals surface area (Å²) in [5.74, 6) is 0.101. The Morgan fingerprint density at radius 3 is 2.73 bits per heavy atom. The molecule has 0 aliphatic rings. The lowest BCUT2D eigenvalue weighted by Gasteiger charge is -2.11. The molecule has 0 saturated heterocycles. The van der Waals surface area contributed by atoms with E-state index in [1.54, 1.807) is 42.7 Å². The summed E-state index contributed by atoms with van der Waals surface area (Å²) in [6.45, 7) is 0. The van der Waals surface area contributed by atoms with Crippen molar-refractivity contribution in [1.29, 1.82) is 0 Å². The van der Waals surface area contributed by atoms with Gasteiger partial charge in [-0.05, 0) is 42.5 Å². The number of carbonyl (C=O) groups excluding carboxylic acids is 1. The highest BCUT2D eigenvalue weighted by atomic mass is 35.5. The molecule has 4 aromatic rings. The molecule has 0 aliphatic carbocycles. The highest BCUT2D eigenvalue weighted by Gasteiger charge is 2.16. The Hall–Kier alpha value is -3.38. The average Bonchev–Trinajstić information content (AvgIpc) is 3.36. The zero-order valence-corrected chi connectivity index (χ0v) is 14.2. The van der Waals surface area contributed by atoms with E-state index in [-0.39, 0.29) is 11.6 Å². The molecule has 4 rings (SSSR count). The van der Waals surface area contributed by atoms with Gasteiger partial charge >= 0.3 is 0 Å². The first-order chi connectivity index (χ1) is 12.7. The number of hydrogen-bond donors (Lipinski definition) is 1. The summed E-state index contributed by atoms with van der Waals surface area (Å²) in [6, 6.07) is 14.2. The largest absolute Gasteiger partial charge is 0.355 e. The van der Waals surface area contributed by atoms with Crippen LogP contribution in [0.1, 0.15) is 10.5 Å². The zero-order chi connectivity index (χ0) is 17.9. The number of halogens is 1. The fraction of sp³-hybridized carbons (Fsp3) is 0. The normalized spacial score (nSPS) is 10.7. The molecule has 1 amide bonds. The van der Waals surface area contributed by atoms with Crippen LogP contribution in [0.15, 0.2) is 77.8 Å². The van der Waals surface area contributed by atoms with Crippen molar-refractivity contribution in [2.45, 2.75) is 0 Å². The van der Waals surface area contributed by atoms with Crippen molar-refractivity contribution >= 4 is 23.2 Å². The summed E-state index contributed by atoms with van der Waals surface area (Å²) in [4.78, 5) is 16.6. The predicted molar refractivity (Wildman–Crippen MR) is 98.5 cm³/mol. The van der Waals surface area contributed by atoms with Crippen molar-refractivity contribution in [2.75, 3.05) is 5.32 Å². The number of nitrogens with zero attached hydrogens (tertiary/aromatic N) is 3. The van der Waals surface area contributed by atoms with Crippen LogP contribution in [-0.2, 0) is 0 Å². The highest BCUT2D eigenvalue weighted by molar-refractivity contribution is 6.31. The molecule has 6 nitrogen and oxygen atoms in total. The fourth-order valence-corrected chi connectivity index (χ4v) is 2.70. The van der Waals surface area contributed by atoms with Crippen LogP contribution in [0.3, 0.4) is 0 Å². The molecule has 3 heterocycles. The Bertz CT molecular complexity index is 1040. The second-order valence-electron chi connectivity index (χ2n) is 5.52. The van der Waals surface area contributed by atoms with E-state index >= 15 is 0 Å². The van der Waals surface area contributed by atoms with Crippen molar-refractivity contribution in [1.82, 2.24) is 14.7 Å². The molecule has 0 spiro atoms. The third-order valence-corrected chi connectivity index (χ3v) is 4.01. The number of rotatable bonds is 4. The van der Waals surface area contributed by atoms with Gasteiger partial charge in [0, 0.05) is 41.4 Å². The summed E-state index contributed by atoms with van der Waals surface area (Å²) in [6.07, 6.45) is 7.05. The number of hydrogen-bond acceptors (Lipinski definition) is 4. The van der Waals surface area contributed by atoms with Crippen LogP contribution in [0, 0.1) is 0 Å². The second-order valence-corrected chi connectivity index (χ2v) is 5.96. The molecule has 0 radical (unpaired) electrons. The number of nitrogens with one attached hydrogen (secondary N) is 1. The highest BCUT2D eigenvalue weighted by Crippen LogP contribution is 2.26. The SMILES string of the molecule is O=C(Nc1ccc(Cl)cc1-n1cccc1)c1cc(-c2cccnc2)on1. The third kappa shape index (κ3) is 3.22. The van der Waals surface area contributed by atoms with Gasteiger partial charge in [-0.1, -0.05) is 16.8 Å². The molecule has 0 atom stereocenters. The Kier molecular flexibility index (Phi) is 4.25. The van der Waals surface area contributed by atoms with E-state index < -0.39 is 0 Å². The lowest BCUT2D eigenvalue weighted by molar-refractivity contribution is 0.101. The summed E-state index contributed by atoms with van der Waals surface area (Å²) in [5.41, 5.74) is 2.30. The van der Waals surface area contributed by atoms with Crippen LogP contribution in [0.4, 0.5) is 5.69 Å². The van der Waals surface area contributed by atoms with Gasteiger partial charge in [0.05, 0.1) is 11.4 Å². The van der Waals surface area contributed by atoms with Crippen LogP contribution in [0.5, 0.6) is 0 Å². The molecule has 0 bridgehead atoms. The van der Waals surface area contributed by atoms with E-state index in [1.165, 1.54) is 0 Å². The minimum atomic E-state index is -0.375. The number of pyridine rings is 1. The summed E-state index contributed by atoms with van der Waals surface area (Å²) < 4.78 is 7.12. The predicted octanol–water partition coefficient (Wildman–Crippen LogP) is 4.43. The van der Waals surface area contributed by atoms with Crippen LogP contribution < -0.4 is 5.32 Å². The summed E-state index contributed by atoms with van der Waals surface area (Å²) in [7, 11) is 0. The Balaban J connectivity index is 1.61. The first-order valence-electron chi connectivity index (χ1n) is 7.82. The smallest absolute Gasteiger partial charge is 0.277 e. The molecule has 1 N–H and O–H groups in total. The van der Waals surface area contributed by atoms with E-state index in [2.05, 4.69) is 15.5 Å². The van der Waals surface area contributed by atoms with Gasteiger partial charge in [-0.3, -0.25) is 9.78 Å². The number of amides is 1. The molecule has 0 fully saturated rings. The molecule has 0 aliphatic heterocycles. The number of aromatic nitrogens is 3. The lowest BCUT2D eigenvalue weighted by atomic mass is 10.2. The maximum Gasteiger partial charge on any atom is 0.277 e. The molecular formula is C19H13ClN4O2. The van der Waals surface area contributed by atoms with Crippen molar-refractivity contribution < 1.29 is 9.32 Å². The van der Waals surface area contributed by atoms with E-state index in [4.69, 9.17) is 16.1 Å². The van der Waals surface area contributed by atoms with Crippen LogP contribution in [0.25, 0.3) is 17.0 Å². The van der Waals surface area contributed by atoms with E-state index in [0.29, 0.717) is 16.5 Å². The van der Waals surface area contributed by atoms with Crippen molar-refractivity contribution in [3.8, 4) is 17.0 Å². The quantitative estimate of drug-likeness (QED) is 0.581. The van der Waals surface area contributed by atoms with Crippen molar-refractivity contribution in [2.24, 2.45) is 0 Å². The van der Waals surface area contributed by atoms with Crippen molar-refractivity contribution in [3.63, 3.8) is 0 Å². The topological polar surface area (TPSA) is 73.0 Å². The maximum atomic E-state index is 12.6. The molecule has 1 aromatic carbocycles. The average molecular weight is 365 g/mol. The first kappa shape index (κ1) is 16.1. The van der Waals surface area contributed by atoms with Gasteiger partial charge in [0.1, 0.15) is 0 Å². The maximum absolute atomic E-state index is 12.6. The molecule has 26 heavy (non-hydrogen) atoms. The van der Waals surface area contributed by atoms with Gasteiger partial charge in [-0.25, -0.2) is 0 Å². The van der Waals surface area contributed by atoms with Gasteiger partial charge in [0.2, 0.25) is 0 Å². The molecule has 3 aromatic heterocycles. The van der Waals surface area contributed by atoms with Crippen molar-refractivity contribution in [3.05, 3.63) is 84.0 Å². The van der Waals surface area contributed by atoms with E-state index in [9.17, 15) is 4.79 Å². The molecule has 7 heteroatoms. The van der Waals surface area contributed by atoms with Gasteiger partial charge in [0.15, 0.2) is 11.5 Å². The minimum absolute atomic E-state index is 0.178. The van der Waals surface area contributed by atoms with E-state index in [1.807, 2.05) is 35.2 Å². The molecule has 0 saturated carbocycles. The molecule has 128 valence electrons. The van der Waals surface area contributed by atoms with Gasteiger partial charge in [-0.15, -0.1) is 0 Å². The first-order valence-corrected chi connectivity index (χ1v) is 8.20. The summed E-state index contributed by atoms with van der Waals surface area (Å²) >= 11 is 6.10. The molecule has 0 unspecified atom stereocenters. The number of carbonyl (C=O) groups is 1. The Morgan fingerprint density at radius 2 is 1.96 bits per heavy atom. The zero-order valence-electron chi connectivity index (χ0n) is 13.5. The lowest BCUT2D eigenvalue weighted by Crippen LogP contribution is -2.14. The standard InChI is InChI=1S/C19H13ClN4O2/c20-14-5-6-15(17(10-14)24-8-1-2-9-24)22-19(25)16-11-18(26-23-16)13-4-3-7-21-12-13/h1-12H,(H,22,25). The van der Waals surface area contributed by atoms with Gasteiger partial charge < -0.3 is 14.4 Å². The fourth-order valence-electron chi connectivity index (χ4n) is 2.53. The van der Waals surface area contributed by atoms with Gasteiger partial charge in [-0.2, -0.15) is 0 Å². The monoisotopic (exact) mass is 364 g/mol. The summed E-state index contributed by atoms with van der Waals surface area (Å²) in [5, 5.41) is 7.28. The number of anilines is 1. The van der Waals surface area contributed by atoms with Crippen LogP contribution >= 0.6 is 11.6 Å². The second kappa shape index (κ2) is 6.85. The molecular weight excluding hydrogens is 352 g/mol. The minimum Gasteiger partial charge on any atom is -0.355 e.